The number of nitrogens with zero attached hydrogens (tertiary/aromatic N) is 1. The number of benzene rings is 2. The monoisotopic (exact) mass is 398 g/mol. The van der Waals surface area contributed by atoms with Gasteiger partial charge in [-0.2, -0.15) is 0 Å². The maximum absolute atomic E-state index is 12.4. The maximum atomic E-state index is 12.4. The van der Waals surface area contributed by atoms with Crippen LogP contribution in [0.5, 0.6) is 5.75 Å². The predicted octanol–water partition coefficient (Wildman–Crippen LogP) is 4.21. The Bertz CT molecular complexity index is 895. The minimum Gasteiger partial charge on any atom is -0.497 e. The number of thiazole rings is 1. The third kappa shape index (κ3) is 5.45. The lowest BCUT2D eigenvalue weighted by Crippen LogP contribution is -2.11. The Balaban J connectivity index is 1.55. The van der Waals surface area contributed by atoms with Crippen LogP contribution < -0.4 is 20.7 Å². The van der Waals surface area contributed by atoms with Gasteiger partial charge in [-0.05, 0) is 48.5 Å². The van der Waals surface area contributed by atoms with Crippen molar-refractivity contribution in [1.29, 1.82) is 0 Å². The fraction of sp³-hybridized carbons (Fsp3) is 0.200. The molecule has 0 atom stereocenters. The first-order chi connectivity index (χ1) is 13.7. The van der Waals surface area contributed by atoms with Crippen LogP contribution in [0.25, 0.3) is 0 Å². The molecule has 0 radical (unpaired) electrons. The van der Waals surface area contributed by atoms with E-state index in [0.29, 0.717) is 28.8 Å². The largest absolute Gasteiger partial charge is 0.497 e. The molecule has 3 rings (SSSR count). The third-order valence-electron chi connectivity index (χ3n) is 3.87. The van der Waals surface area contributed by atoms with E-state index in [4.69, 9.17) is 9.47 Å². The molecule has 146 valence electrons. The molecule has 0 aliphatic carbocycles. The zero-order valence-electron chi connectivity index (χ0n) is 15.7. The Morgan fingerprint density at radius 2 is 1.75 bits per heavy atom. The number of methoxy groups -OCH3 is 2. The highest BCUT2D eigenvalue weighted by Crippen LogP contribution is 2.27. The Kier molecular flexibility index (Phi) is 6.83. The number of carbonyl (C=O) groups is 1. The molecule has 8 heteroatoms. The normalized spacial score (nSPS) is 10.4. The van der Waals surface area contributed by atoms with Crippen LogP contribution >= 0.6 is 11.3 Å². The molecule has 0 bridgehead atoms. The highest BCUT2D eigenvalue weighted by molar-refractivity contribution is 7.19. The van der Waals surface area contributed by atoms with Crippen molar-refractivity contribution in [2.75, 3.05) is 43.3 Å². The summed E-state index contributed by atoms with van der Waals surface area (Å²) in [6, 6.07) is 14.8. The minimum atomic E-state index is -0.178. The van der Waals surface area contributed by atoms with Crippen LogP contribution in [0, 0.1) is 0 Å². The Labute approximate surface area is 167 Å². The zero-order chi connectivity index (χ0) is 19.8. The average Bonchev–Trinajstić information content (AvgIpc) is 3.16. The van der Waals surface area contributed by atoms with Crippen molar-refractivity contribution in [2.24, 2.45) is 0 Å². The first-order valence-electron chi connectivity index (χ1n) is 8.69. The van der Waals surface area contributed by atoms with Gasteiger partial charge in [0.25, 0.3) is 5.91 Å². The van der Waals surface area contributed by atoms with Gasteiger partial charge in [0.1, 0.15) is 10.8 Å². The fourth-order valence-electron chi connectivity index (χ4n) is 2.41. The molecular formula is C20H22N4O3S. The molecule has 3 N–H and O–H groups in total. The fourth-order valence-corrected chi connectivity index (χ4v) is 3.14. The predicted molar refractivity (Wildman–Crippen MR) is 113 cm³/mol. The maximum Gasteiger partial charge on any atom is 0.256 e. The van der Waals surface area contributed by atoms with Crippen LogP contribution in [-0.4, -0.2) is 38.3 Å². The van der Waals surface area contributed by atoms with Crippen molar-refractivity contribution in [3.05, 3.63) is 60.3 Å². The third-order valence-corrected chi connectivity index (χ3v) is 4.69. The van der Waals surface area contributed by atoms with E-state index in [0.717, 1.165) is 17.1 Å². The van der Waals surface area contributed by atoms with Crippen LogP contribution in [0.4, 0.5) is 21.5 Å². The van der Waals surface area contributed by atoms with E-state index in [1.807, 2.05) is 36.4 Å². The summed E-state index contributed by atoms with van der Waals surface area (Å²) in [5.74, 6) is 0.612. The van der Waals surface area contributed by atoms with Crippen molar-refractivity contribution in [3.8, 4) is 5.75 Å². The molecule has 1 aromatic heterocycles. The number of rotatable bonds is 9. The smallest absolute Gasteiger partial charge is 0.256 e. The highest BCUT2D eigenvalue weighted by Gasteiger charge is 2.09. The molecule has 28 heavy (non-hydrogen) atoms. The SMILES string of the molecule is COCCNc1ccc(C(=O)Nc2cnc(Nc3ccc(OC)cc3)s2)cc1. The minimum absolute atomic E-state index is 0.178. The summed E-state index contributed by atoms with van der Waals surface area (Å²) >= 11 is 1.37. The number of hydrogen-bond donors (Lipinski definition) is 3. The molecule has 0 saturated carbocycles. The lowest BCUT2D eigenvalue weighted by Gasteiger charge is -2.07. The molecule has 2 aromatic carbocycles. The molecule has 3 aromatic rings. The Morgan fingerprint density at radius 1 is 1.04 bits per heavy atom. The number of nitrogens with one attached hydrogen (secondary N) is 3. The number of amides is 1. The first-order valence-corrected chi connectivity index (χ1v) is 9.50. The number of ether oxygens (including phenoxy) is 2. The molecular weight excluding hydrogens is 376 g/mol. The zero-order valence-corrected chi connectivity index (χ0v) is 16.5. The van der Waals surface area contributed by atoms with Crippen LogP contribution in [0.3, 0.4) is 0 Å². The van der Waals surface area contributed by atoms with Gasteiger partial charge in [-0.3, -0.25) is 4.79 Å². The molecule has 0 aliphatic rings. The molecule has 7 nitrogen and oxygen atoms in total. The van der Waals surface area contributed by atoms with Gasteiger partial charge in [0.05, 0.1) is 19.9 Å². The van der Waals surface area contributed by atoms with Crippen molar-refractivity contribution >= 4 is 38.8 Å². The van der Waals surface area contributed by atoms with E-state index in [1.54, 1.807) is 32.5 Å². The van der Waals surface area contributed by atoms with Gasteiger partial charge in [0, 0.05) is 30.6 Å². The first kappa shape index (κ1) is 19.7. The highest BCUT2D eigenvalue weighted by atomic mass is 32.1. The summed E-state index contributed by atoms with van der Waals surface area (Å²) in [5, 5.41) is 10.7. The van der Waals surface area contributed by atoms with Gasteiger partial charge in [0.15, 0.2) is 5.13 Å². The van der Waals surface area contributed by atoms with Gasteiger partial charge < -0.3 is 25.4 Å². The molecule has 0 unspecified atom stereocenters. The second-order valence-electron chi connectivity index (χ2n) is 5.83. The summed E-state index contributed by atoms with van der Waals surface area (Å²) in [6.07, 6.45) is 1.63. The van der Waals surface area contributed by atoms with Crippen molar-refractivity contribution < 1.29 is 14.3 Å². The summed E-state index contributed by atoms with van der Waals surface area (Å²) in [4.78, 5) is 16.7. The van der Waals surface area contributed by atoms with Crippen molar-refractivity contribution in [1.82, 2.24) is 4.98 Å². The van der Waals surface area contributed by atoms with Crippen LogP contribution in [0.15, 0.2) is 54.7 Å². The number of aromatic nitrogens is 1. The second kappa shape index (κ2) is 9.72. The number of hydrogen-bond acceptors (Lipinski definition) is 7. The second-order valence-corrected chi connectivity index (χ2v) is 6.86. The van der Waals surface area contributed by atoms with Crippen LogP contribution in [0.2, 0.25) is 0 Å². The molecule has 0 saturated heterocycles. The number of carbonyl (C=O) groups excluding carboxylic acids is 1. The standard InChI is InChI=1S/C20H22N4O3S/c1-26-12-11-21-15-5-3-14(4-6-15)19(25)24-18-13-22-20(28-18)23-16-7-9-17(27-2)10-8-16/h3-10,13,21H,11-12H2,1-2H3,(H,22,23)(H,24,25). The van der Waals surface area contributed by atoms with E-state index < -0.39 is 0 Å². The van der Waals surface area contributed by atoms with Crippen molar-refractivity contribution in [3.63, 3.8) is 0 Å². The molecule has 0 spiro atoms. The number of anilines is 4. The molecule has 1 heterocycles. The van der Waals surface area contributed by atoms with E-state index in [1.165, 1.54) is 11.3 Å². The summed E-state index contributed by atoms with van der Waals surface area (Å²) in [5.41, 5.74) is 2.41. The van der Waals surface area contributed by atoms with Gasteiger partial charge in [-0.25, -0.2) is 4.98 Å². The topological polar surface area (TPSA) is 84.5 Å². The molecule has 0 fully saturated rings. The van der Waals surface area contributed by atoms with Gasteiger partial charge >= 0.3 is 0 Å². The lowest BCUT2D eigenvalue weighted by atomic mass is 10.2. The summed E-state index contributed by atoms with van der Waals surface area (Å²) in [6.45, 7) is 1.34. The summed E-state index contributed by atoms with van der Waals surface area (Å²) in [7, 11) is 3.29. The van der Waals surface area contributed by atoms with E-state index in [-0.39, 0.29) is 5.91 Å². The Hall–Kier alpha value is -3.10. The summed E-state index contributed by atoms with van der Waals surface area (Å²) < 4.78 is 10.1. The van der Waals surface area contributed by atoms with E-state index in [9.17, 15) is 4.79 Å². The van der Waals surface area contributed by atoms with E-state index >= 15 is 0 Å². The molecule has 1 amide bonds. The Morgan fingerprint density at radius 3 is 2.43 bits per heavy atom. The van der Waals surface area contributed by atoms with Gasteiger partial charge in [-0.15, -0.1) is 0 Å². The van der Waals surface area contributed by atoms with E-state index in [2.05, 4.69) is 20.9 Å². The average molecular weight is 398 g/mol. The van der Waals surface area contributed by atoms with Crippen LogP contribution in [0.1, 0.15) is 10.4 Å². The van der Waals surface area contributed by atoms with Gasteiger partial charge in [-0.1, -0.05) is 11.3 Å². The quantitative estimate of drug-likeness (QED) is 0.468. The van der Waals surface area contributed by atoms with Crippen LogP contribution in [-0.2, 0) is 4.74 Å². The van der Waals surface area contributed by atoms with Gasteiger partial charge in [0.2, 0.25) is 0 Å². The van der Waals surface area contributed by atoms with Crippen molar-refractivity contribution in [2.45, 2.75) is 0 Å². The molecule has 0 aliphatic heterocycles. The lowest BCUT2D eigenvalue weighted by molar-refractivity contribution is 0.102.